The monoisotopic (exact) mass is 262 g/mol. The van der Waals surface area contributed by atoms with Crippen LogP contribution in [0.2, 0.25) is 0 Å². The minimum absolute atomic E-state index is 0.369. The third-order valence-corrected chi connectivity index (χ3v) is 6.30. The van der Waals surface area contributed by atoms with Crippen molar-refractivity contribution in [3.8, 4) is 0 Å². The Kier molecular flexibility index (Phi) is 2.41. The van der Waals surface area contributed by atoms with Crippen molar-refractivity contribution in [3.63, 3.8) is 0 Å². The van der Waals surface area contributed by atoms with E-state index in [9.17, 15) is 4.79 Å². The summed E-state index contributed by atoms with van der Waals surface area (Å²) >= 11 is 0. The first-order valence-electron chi connectivity index (χ1n) is 8.01. The Morgan fingerprint density at radius 3 is 2.16 bits per heavy atom. The fourth-order valence-electron chi connectivity index (χ4n) is 5.41. The number of nitrogens with zero attached hydrogens (tertiary/aromatic N) is 2. The van der Waals surface area contributed by atoms with Gasteiger partial charge in [0.05, 0.1) is 0 Å². The zero-order valence-corrected chi connectivity index (χ0v) is 12.3. The summed E-state index contributed by atoms with van der Waals surface area (Å²) in [5, 5.41) is 0. The number of amides is 1. The van der Waals surface area contributed by atoms with Crippen LogP contribution in [0, 0.1) is 22.7 Å². The fourth-order valence-corrected chi connectivity index (χ4v) is 5.41. The topological polar surface area (TPSA) is 23.6 Å². The molecular formula is C16H26N2O. The van der Waals surface area contributed by atoms with Crippen LogP contribution in [0.25, 0.3) is 0 Å². The molecule has 2 saturated carbocycles. The molecule has 4 fully saturated rings. The molecule has 0 aromatic heterocycles. The lowest BCUT2D eigenvalue weighted by Gasteiger charge is -2.62. The summed E-state index contributed by atoms with van der Waals surface area (Å²) in [6, 6.07) is 0. The van der Waals surface area contributed by atoms with Crippen molar-refractivity contribution in [1.29, 1.82) is 0 Å². The van der Waals surface area contributed by atoms with Gasteiger partial charge in [0.25, 0.3) is 0 Å². The standard InChI is InChI=1S/C16H26N2O/c1-3-12-4-15(5-12)10-18(11-15)14(19)13-6-16(7-13)8-17(2)9-16/h12-13H,3-11H2,1-2H3. The number of carbonyl (C=O) groups excluding carboxylic acids is 1. The van der Waals surface area contributed by atoms with Crippen LogP contribution in [0.15, 0.2) is 0 Å². The van der Waals surface area contributed by atoms with E-state index in [0.29, 0.717) is 22.7 Å². The summed E-state index contributed by atoms with van der Waals surface area (Å²) in [4.78, 5) is 16.9. The average Bonchev–Trinajstić information content (AvgIpc) is 2.17. The highest BCUT2D eigenvalue weighted by Gasteiger charge is 2.57. The third-order valence-electron chi connectivity index (χ3n) is 6.30. The molecule has 4 aliphatic rings. The predicted molar refractivity (Wildman–Crippen MR) is 74.7 cm³/mol. The Hall–Kier alpha value is -0.570. The Morgan fingerprint density at radius 2 is 1.63 bits per heavy atom. The van der Waals surface area contributed by atoms with Gasteiger partial charge in [0.15, 0.2) is 0 Å². The van der Waals surface area contributed by atoms with E-state index in [1.165, 1.54) is 32.4 Å². The number of likely N-dealkylation sites (tertiary alicyclic amines) is 2. The first kappa shape index (κ1) is 12.2. The SMILES string of the molecule is CCC1CC2(C1)CN(C(=O)C1CC3(C1)CN(C)C3)C2. The van der Waals surface area contributed by atoms with Gasteiger partial charge in [0.2, 0.25) is 5.91 Å². The van der Waals surface area contributed by atoms with E-state index >= 15 is 0 Å². The first-order valence-corrected chi connectivity index (χ1v) is 8.01. The zero-order chi connectivity index (χ0) is 13.3. The van der Waals surface area contributed by atoms with E-state index in [1.54, 1.807) is 0 Å². The summed E-state index contributed by atoms with van der Waals surface area (Å²) in [5.74, 6) is 1.80. The second-order valence-electron chi connectivity index (χ2n) is 8.15. The van der Waals surface area contributed by atoms with Gasteiger partial charge in [-0.05, 0) is 44.1 Å². The quantitative estimate of drug-likeness (QED) is 0.759. The molecule has 2 saturated heterocycles. The normalized spacial score (nSPS) is 35.5. The van der Waals surface area contributed by atoms with E-state index < -0.39 is 0 Å². The molecule has 19 heavy (non-hydrogen) atoms. The van der Waals surface area contributed by atoms with Gasteiger partial charge in [-0.25, -0.2) is 0 Å². The van der Waals surface area contributed by atoms with Crippen LogP contribution in [-0.2, 0) is 4.79 Å². The highest BCUT2D eigenvalue weighted by atomic mass is 16.2. The Labute approximate surface area is 116 Å². The first-order chi connectivity index (χ1) is 9.03. The largest absolute Gasteiger partial charge is 0.341 e. The lowest BCUT2D eigenvalue weighted by atomic mass is 9.55. The summed E-state index contributed by atoms with van der Waals surface area (Å²) in [6.45, 7) is 6.89. The van der Waals surface area contributed by atoms with E-state index in [4.69, 9.17) is 0 Å². The molecule has 2 heterocycles. The molecule has 0 aromatic rings. The van der Waals surface area contributed by atoms with Gasteiger partial charge < -0.3 is 9.80 Å². The van der Waals surface area contributed by atoms with Crippen LogP contribution >= 0.6 is 0 Å². The van der Waals surface area contributed by atoms with E-state index in [1.807, 2.05) is 0 Å². The van der Waals surface area contributed by atoms with Gasteiger partial charge in [0, 0.05) is 37.5 Å². The maximum atomic E-state index is 12.4. The summed E-state index contributed by atoms with van der Waals surface area (Å²) in [7, 11) is 2.18. The van der Waals surface area contributed by atoms with Crippen LogP contribution in [-0.4, -0.2) is 48.9 Å². The lowest BCUT2D eigenvalue weighted by molar-refractivity contribution is -0.173. The van der Waals surface area contributed by atoms with Crippen molar-refractivity contribution in [1.82, 2.24) is 9.80 Å². The van der Waals surface area contributed by atoms with E-state index in [0.717, 1.165) is 31.8 Å². The van der Waals surface area contributed by atoms with Crippen molar-refractivity contribution in [2.45, 2.75) is 39.0 Å². The van der Waals surface area contributed by atoms with Crippen molar-refractivity contribution < 1.29 is 4.79 Å². The van der Waals surface area contributed by atoms with Crippen LogP contribution in [0.3, 0.4) is 0 Å². The third kappa shape index (κ3) is 1.70. The highest BCUT2D eigenvalue weighted by Crippen LogP contribution is 2.56. The van der Waals surface area contributed by atoms with Gasteiger partial charge in [-0.2, -0.15) is 0 Å². The van der Waals surface area contributed by atoms with Crippen LogP contribution in [0.5, 0.6) is 0 Å². The van der Waals surface area contributed by atoms with Gasteiger partial charge in [-0.3, -0.25) is 4.79 Å². The van der Waals surface area contributed by atoms with Gasteiger partial charge >= 0.3 is 0 Å². The number of hydrogen-bond acceptors (Lipinski definition) is 2. The summed E-state index contributed by atoms with van der Waals surface area (Å²) < 4.78 is 0. The summed E-state index contributed by atoms with van der Waals surface area (Å²) in [5.41, 5.74) is 1.11. The highest BCUT2D eigenvalue weighted by molar-refractivity contribution is 5.81. The van der Waals surface area contributed by atoms with Crippen molar-refractivity contribution >= 4 is 5.91 Å². The molecule has 1 amide bonds. The molecule has 4 rings (SSSR count). The van der Waals surface area contributed by atoms with Gasteiger partial charge in [0.1, 0.15) is 0 Å². The minimum atomic E-state index is 0.369. The fraction of sp³-hybridized carbons (Fsp3) is 0.938. The number of hydrogen-bond donors (Lipinski definition) is 0. The molecule has 0 atom stereocenters. The second kappa shape index (κ2) is 3.75. The number of rotatable bonds is 2. The van der Waals surface area contributed by atoms with E-state index in [2.05, 4.69) is 23.8 Å². The molecule has 0 aromatic carbocycles. The maximum Gasteiger partial charge on any atom is 0.225 e. The second-order valence-corrected chi connectivity index (χ2v) is 8.15. The van der Waals surface area contributed by atoms with Crippen LogP contribution in [0.1, 0.15) is 39.0 Å². The average molecular weight is 262 g/mol. The molecule has 3 heteroatoms. The molecule has 2 aliphatic heterocycles. The van der Waals surface area contributed by atoms with Crippen LogP contribution in [0.4, 0.5) is 0 Å². The molecule has 3 nitrogen and oxygen atoms in total. The molecule has 106 valence electrons. The molecule has 0 unspecified atom stereocenters. The molecular weight excluding hydrogens is 236 g/mol. The molecule has 2 spiro atoms. The predicted octanol–water partition coefficient (Wildman–Crippen LogP) is 1.98. The lowest BCUT2D eigenvalue weighted by Crippen LogP contribution is -2.67. The number of carbonyl (C=O) groups is 1. The van der Waals surface area contributed by atoms with Gasteiger partial charge in [-0.15, -0.1) is 0 Å². The van der Waals surface area contributed by atoms with Crippen molar-refractivity contribution in [3.05, 3.63) is 0 Å². The molecule has 0 bridgehead atoms. The van der Waals surface area contributed by atoms with Gasteiger partial charge in [-0.1, -0.05) is 13.3 Å². The molecule has 0 N–H and O–H groups in total. The zero-order valence-electron chi connectivity index (χ0n) is 12.3. The van der Waals surface area contributed by atoms with Crippen molar-refractivity contribution in [2.75, 3.05) is 33.2 Å². The Bertz CT molecular complexity index is 391. The smallest absolute Gasteiger partial charge is 0.225 e. The minimum Gasteiger partial charge on any atom is -0.341 e. The molecule has 0 radical (unpaired) electrons. The van der Waals surface area contributed by atoms with E-state index in [-0.39, 0.29) is 0 Å². The van der Waals surface area contributed by atoms with Crippen LogP contribution < -0.4 is 0 Å². The Morgan fingerprint density at radius 1 is 1.05 bits per heavy atom. The Balaban J connectivity index is 1.24. The van der Waals surface area contributed by atoms with Crippen molar-refractivity contribution in [2.24, 2.45) is 22.7 Å². The summed E-state index contributed by atoms with van der Waals surface area (Å²) in [6.07, 6.45) is 6.42. The maximum absolute atomic E-state index is 12.4. The molecule has 2 aliphatic carbocycles.